The van der Waals surface area contributed by atoms with Gasteiger partial charge in [-0.1, -0.05) is 60.7 Å². The summed E-state index contributed by atoms with van der Waals surface area (Å²) in [6.07, 6.45) is 0.109. The molecule has 1 aliphatic heterocycles. The maximum absolute atomic E-state index is 5.79. The second kappa shape index (κ2) is 5.19. The van der Waals surface area contributed by atoms with Crippen molar-refractivity contribution in [1.82, 2.24) is 0 Å². The van der Waals surface area contributed by atoms with Gasteiger partial charge in [0.05, 0.1) is 5.57 Å². The average molecular weight is 252 g/mol. The van der Waals surface area contributed by atoms with E-state index in [-0.39, 0.29) is 6.10 Å². The van der Waals surface area contributed by atoms with Crippen LogP contribution in [0.25, 0.3) is 5.57 Å². The molecule has 0 N–H and O–H groups in total. The Balaban J connectivity index is 2.12. The molecule has 2 nitrogen and oxygen atoms in total. The molecular weight excluding hydrogens is 236 g/mol. The van der Waals surface area contributed by atoms with Crippen molar-refractivity contribution in [2.75, 3.05) is 6.61 Å². The number of hydrogen-bond acceptors (Lipinski definition) is 2. The zero-order valence-electron chi connectivity index (χ0n) is 10.9. The number of benzene rings is 2. The van der Waals surface area contributed by atoms with E-state index in [9.17, 15) is 0 Å². The van der Waals surface area contributed by atoms with Crippen LogP contribution in [0, 0.1) is 0 Å². The van der Waals surface area contributed by atoms with Gasteiger partial charge in [-0.2, -0.15) is 0 Å². The van der Waals surface area contributed by atoms with Gasteiger partial charge in [0.1, 0.15) is 12.7 Å². The van der Waals surface area contributed by atoms with E-state index >= 15 is 0 Å². The molecule has 1 heterocycles. The smallest absolute Gasteiger partial charge is 0.288 e. The highest BCUT2D eigenvalue weighted by atomic mass is 16.7. The van der Waals surface area contributed by atoms with Crippen molar-refractivity contribution in [3.05, 3.63) is 77.7 Å². The maximum atomic E-state index is 5.79. The van der Waals surface area contributed by atoms with Gasteiger partial charge in [-0.3, -0.25) is 0 Å². The predicted molar refractivity (Wildman–Crippen MR) is 75.4 cm³/mol. The summed E-state index contributed by atoms with van der Waals surface area (Å²) < 4.78 is 11.5. The van der Waals surface area contributed by atoms with Crippen LogP contribution in [0.15, 0.2) is 66.6 Å². The van der Waals surface area contributed by atoms with Gasteiger partial charge in [0.2, 0.25) is 0 Å². The number of hydrogen-bond donors (Lipinski definition) is 0. The van der Waals surface area contributed by atoms with Crippen LogP contribution >= 0.6 is 0 Å². The molecule has 0 aromatic heterocycles. The first-order valence-electron chi connectivity index (χ1n) is 6.49. The molecule has 2 aromatic rings. The second-order valence-electron chi connectivity index (χ2n) is 4.63. The largest absolute Gasteiger partial charge is 0.461 e. The first-order chi connectivity index (χ1) is 9.34. The number of ether oxygens (including phenoxy) is 2. The maximum Gasteiger partial charge on any atom is 0.288 e. The minimum absolute atomic E-state index is 0.109. The highest BCUT2D eigenvalue weighted by Crippen LogP contribution is 2.31. The molecule has 1 fully saturated rings. The van der Waals surface area contributed by atoms with E-state index < -0.39 is 0 Å². The fourth-order valence-electron chi connectivity index (χ4n) is 2.19. The minimum atomic E-state index is 0.109. The molecule has 0 amide bonds. The fourth-order valence-corrected chi connectivity index (χ4v) is 2.19. The van der Waals surface area contributed by atoms with Gasteiger partial charge < -0.3 is 9.47 Å². The summed E-state index contributed by atoms with van der Waals surface area (Å²) >= 11 is 0. The van der Waals surface area contributed by atoms with Gasteiger partial charge in [0.15, 0.2) is 0 Å². The molecule has 1 saturated heterocycles. The lowest BCUT2D eigenvalue weighted by atomic mass is 9.99. The Kier molecular flexibility index (Phi) is 3.23. The van der Waals surface area contributed by atoms with Crippen molar-refractivity contribution in [2.45, 2.75) is 13.0 Å². The first kappa shape index (κ1) is 11.8. The van der Waals surface area contributed by atoms with Crippen molar-refractivity contribution in [3.63, 3.8) is 0 Å². The zero-order chi connectivity index (χ0) is 13.1. The highest BCUT2D eigenvalue weighted by Gasteiger charge is 2.23. The van der Waals surface area contributed by atoms with Crippen LogP contribution in [-0.4, -0.2) is 12.7 Å². The molecule has 1 unspecified atom stereocenters. The van der Waals surface area contributed by atoms with Crippen molar-refractivity contribution in [1.29, 1.82) is 0 Å². The van der Waals surface area contributed by atoms with Gasteiger partial charge in [-0.25, -0.2) is 0 Å². The Hall–Kier alpha value is -2.22. The van der Waals surface area contributed by atoms with E-state index in [1.54, 1.807) is 0 Å². The second-order valence-corrected chi connectivity index (χ2v) is 4.63. The molecule has 96 valence electrons. The van der Waals surface area contributed by atoms with Gasteiger partial charge in [0.25, 0.3) is 5.95 Å². The summed E-state index contributed by atoms with van der Waals surface area (Å²) in [6.45, 7) is 2.62. The lowest BCUT2D eigenvalue weighted by molar-refractivity contribution is 0.153. The molecule has 0 saturated carbocycles. The summed E-state index contributed by atoms with van der Waals surface area (Å²) in [6, 6.07) is 20.4. The molecule has 0 bridgehead atoms. The van der Waals surface area contributed by atoms with E-state index in [0.717, 1.165) is 16.7 Å². The summed E-state index contributed by atoms with van der Waals surface area (Å²) in [5.41, 5.74) is 3.24. The molecule has 2 heteroatoms. The fraction of sp³-hybridized carbons (Fsp3) is 0.176. The van der Waals surface area contributed by atoms with Gasteiger partial charge in [0, 0.05) is 0 Å². The van der Waals surface area contributed by atoms with Crippen LogP contribution in [0.5, 0.6) is 0 Å². The van der Waals surface area contributed by atoms with Crippen molar-refractivity contribution < 1.29 is 9.47 Å². The molecule has 0 radical (unpaired) electrons. The SMILES string of the molecule is CC1COC(=C(c2ccccc2)c2ccccc2)O1. The van der Waals surface area contributed by atoms with Crippen molar-refractivity contribution in [3.8, 4) is 0 Å². The van der Waals surface area contributed by atoms with Gasteiger partial charge >= 0.3 is 0 Å². The molecular formula is C17H16O2. The Bertz CT molecular complexity index is 531. The Morgan fingerprint density at radius 1 is 0.895 bits per heavy atom. The Morgan fingerprint density at radius 3 is 1.84 bits per heavy atom. The summed E-state index contributed by atoms with van der Waals surface area (Å²) in [4.78, 5) is 0. The lowest BCUT2D eigenvalue weighted by Crippen LogP contribution is -2.01. The van der Waals surface area contributed by atoms with E-state index in [2.05, 4.69) is 24.3 Å². The molecule has 3 rings (SSSR count). The van der Waals surface area contributed by atoms with Crippen LogP contribution in [-0.2, 0) is 9.47 Å². The van der Waals surface area contributed by atoms with Crippen LogP contribution in [0.2, 0.25) is 0 Å². The summed E-state index contributed by atoms with van der Waals surface area (Å²) in [7, 11) is 0. The molecule has 1 aliphatic rings. The third-order valence-electron chi connectivity index (χ3n) is 3.09. The van der Waals surface area contributed by atoms with E-state index in [0.29, 0.717) is 12.6 Å². The topological polar surface area (TPSA) is 18.5 Å². The lowest BCUT2D eigenvalue weighted by Gasteiger charge is -2.11. The zero-order valence-corrected chi connectivity index (χ0v) is 10.9. The third-order valence-corrected chi connectivity index (χ3v) is 3.09. The predicted octanol–water partition coefficient (Wildman–Crippen LogP) is 3.84. The van der Waals surface area contributed by atoms with Crippen molar-refractivity contribution >= 4 is 5.57 Å². The third kappa shape index (κ3) is 2.48. The normalized spacial score (nSPS) is 17.7. The molecule has 0 spiro atoms. The van der Waals surface area contributed by atoms with Gasteiger partial charge in [-0.15, -0.1) is 0 Å². The molecule has 19 heavy (non-hydrogen) atoms. The van der Waals surface area contributed by atoms with Gasteiger partial charge in [-0.05, 0) is 18.1 Å². The monoisotopic (exact) mass is 252 g/mol. The summed E-state index contributed by atoms with van der Waals surface area (Å²) in [5.74, 6) is 0.630. The quantitative estimate of drug-likeness (QED) is 0.808. The molecule has 2 aromatic carbocycles. The molecule has 0 aliphatic carbocycles. The average Bonchev–Trinajstić information content (AvgIpc) is 2.88. The van der Waals surface area contributed by atoms with Crippen molar-refractivity contribution in [2.24, 2.45) is 0 Å². The Labute approximate surface area is 113 Å². The van der Waals surface area contributed by atoms with Crippen LogP contribution in [0.1, 0.15) is 18.1 Å². The summed E-state index contributed by atoms with van der Waals surface area (Å²) in [5, 5.41) is 0. The van der Waals surface area contributed by atoms with Crippen LogP contribution < -0.4 is 0 Å². The number of rotatable bonds is 2. The standard InChI is InChI=1S/C17H16O2/c1-13-12-18-17(19-13)16(14-8-4-2-5-9-14)15-10-6-3-7-11-15/h2-11,13H,12H2,1H3. The van der Waals surface area contributed by atoms with E-state index in [1.165, 1.54) is 0 Å². The van der Waals surface area contributed by atoms with Crippen LogP contribution in [0.3, 0.4) is 0 Å². The molecule has 1 atom stereocenters. The Morgan fingerprint density at radius 2 is 1.42 bits per heavy atom. The van der Waals surface area contributed by atoms with E-state index in [1.807, 2.05) is 43.3 Å². The first-order valence-corrected chi connectivity index (χ1v) is 6.49. The highest BCUT2D eigenvalue weighted by molar-refractivity contribution is 5.80. The van der Waals surface area contributed by atoms with E-state index in [4.69, 9.17) is 9.47 Å². The van der Waals surface area contributed by atoms with Crippen LogP contribution in [0.4, 0.5) is 0 Å². The minimum Gasteiger partial charge on any atom is -0.461 e.